The van der Waals surface area contributed by atoms with Crippen LogP contribution in [0.15, 0.2) is 77.7 Å². The van der Waals surface area contributed by atoms with Gasteiger partial charge in [-0.1, -0.05) is 12.1 Å². The van der Waals surface area contributed by atoms with E-state index in [0.717, 1.165) is 20.8 Å². The van der Waals surface area contributed by atoms with Gasteiger partial charge in [0.15, 0.2) is 0 Å². The minimum absolute atomic E-state index is 0.163. The summed E-state index contributed by atoms with van der Waals surface area (Å²) in [5.74, 6) is -0.310. The zero-order valence-electron chi connectivity index (χ0n) is 19.3. The number of benzene rings is 3. The summed E-state index contributed by atoms with van der Waals surface area (Å²) >= 11 is 1.62. The fourth-order valence-corrected chi connectivity index (χ4v) is 6.71. The molecule has 2 heterocycles. The molecule has 1 aromatic heterocycles. The third-order valence-corrected chi connectivity index (χ3v) is 8.76. The van der Waals surface area contributed by atoms with Crippen LogP contribution in [0.2, 0.25) is 0 Å². The van der Waals surface area contributed by atoms with E-state index in [4.69, 9.17) is 4.74 Å². The van der Waals surface area contributed by atoms with Gasteiger partial charge in [0.05, 0.1) is 27.3 Å². The van der Waals surface area contributed by atoms with Crippen molar-refractivity contribution < 1.29 is 17.9 Å². The van der Waals surface area contributed by atoms with E-state index in [2.05, 4.69) is 10.3 Å². The van der Waals surface area contributed by atoms with Gasteiger partial charge in [-0.15, -0.1) is 11.3 Å². The van der Waals surface area contributed by atoms with Gasteiger partial charge in [-0.05, 0) is 74.5 Å². The van der Waals surface area contributed by atoms with Crippen LogP contribution in [0.25, 0.3) is 20.8 Å². The molecule has 1 N–H and O–H groups in total. The SMILES string of the molecule is C[C@@H]1CN(S(=O)(=O)c2ccc(C(=O)Nc3ccc(-c4nc5ccccc5s4)cc3)cc2)C[C@@H](C)O1. The Kier molecular flexibility index (Phi) is 6.41. The van der Waals surface area contributed by atoms with Gasteiger partial charge in [0.2, 0.25) is 10.0 Å². The number of nitrogens with zero attached hydrogens (tertiary/aromatic N) is 2. The van der Waals surface area contributed by atoms with Crippen LogP contribution in [0.5, 0.6) is 0 Å². The zero-order valence-corrected chi connectivity index (χ0v) is 21.0. The molecule has 1 amide bonds. The Labute approximate surface area is 208 Å². The van der Waals surface area contributed by atoms with Crippen molar-refractivity contribution in [3.8, 4) is 10.6 Å². The third-order valence-electron chi connectivity index (χ3n) is 5.82. The number of fused-ring (bicyclic) bond motifs is 1. The van der Waals surface area contributed by atoms with E-state index >= 15 is 0 Å². The molecule has 0 bridgehead atoms. The molecule has 3 aromatic carbocycles. The molecule has 4 aromatic rings. The number of rotatable bonds is 5. The number of carbonyl (C=O) groups excluding carboxylic acids is 1. The number of carbonyl (C=O) groups is 1. The minimum Gasteiger partial charge on any atom is -0.373 e. The monoisotopic (exact) mass is 507 g/mol. The van der Waals surface area contributed by atoms with Crippen molar-refractivity contribution in [3.05, 3.63) is 78.4 Å². The number of hydrogen-bond acceptors (Lipinski definition) is 6. The molecule has 7 nitrogen and oxygen atoms in total. The quantitative estimate of drug-likeness (QED) is 0.410. The van der Waals surface area contributed by atoms with Crippen molar-refractivity contribution in [2.45, 2.75) is 31.0 Å². The highest BCUT2D eigenvalue weighted by Crippen LogP contribution is 2.30. The summed E-state index contributed by atoms with van der Waals surface area (Å²) in [4.78, 5) is 17.6. The Morgan fingerprint density at radius 3 is 2.29 bits per heavy atom. The molecule has 35 heavy (non-hydrogen) atoms. The number of nitrogens with one attached hydrogen (secondary N) is 1. The zero-order chi connectivity index (χ0) is 24.6. The normalized spacial score (nSPS) is 19.0. The van der Waals surface area contributed by atoms with Crippen molar-refractivity contribution in [3.63, 3.8) is 0 Å². The summed E-state index contributed by atoms with van der Waals surface area (Å²) in [6, 6.07) is 21.5. The topological polar surface area (TPSA) is 88.6 Å². The lowest BCUT2D eigenvalue weighted by atomic mass is 10.2. The standard InChI is InChI=1S/C26H25N3O4S2/c1-17-15-29(16-18(2)33-17)35(31,32)22-13-9-19(10-14-22)25(30)27-21-11-7-20(8-12-21)26-28-23-5-3-4-6-24(23)34-26/h3-14,17-18H,15-16H2,1-2H3,(H,27,30)/t17-,18-/m1/s1. The second kappa shape index (κ2) is 9.50. The van der Waals surface area contributed by atoms with Crippen molar-refractivity contribution in [1.29, 1.82) is 0 Å². The third kappa shape index (κ3) is 4.99. The number of thiazole rings is 1. The van der Waals surface area contributed by atoms with E-state index in [9.17, 15) is 13.2 Å². The fourth-order valence-electron chi connectivity index (χ4n) is 4.15. The van der Waals surface area contributed by atoms with E-state index in [0.29, 0.717) is 24.3 Å². The molecule has 2 atom stereocenters. The first-order valence-corrected chi connectivity index (χ1v) is 13.6. The van der Waals surface area contributed by atoms with Gasteiger partial charge in [0.1, 0.15) is 5.01 Å². The van der Waals surface area contributed by atoms with Crippen LogP contribution in [0.1, 0.15) is 24.2 Å². The average molecular weight is 508 g/mol. The fraction of sp³-hybridized carbons (Fsp3) is 0.231. The second-order valence-corrected chi connectivity index (χ2v) is 11.6. The molecule has 0 spiro atoms. The van der Waals surface area contributed by atoms with Gasteiger partial charge in [0, 0.05) is 29.9 Å². The molecular formula is C26H25N3O4S2. The molecule has 0 aliphatic carbocycles. The largest absolute Gasteiger partial charge is 0.373 e. The number of morpholine rings is 1. The van der Waals surface area contributed by atoms with Crippen molar-refractivity contribution >= 4 is 43.2 Å². The van der Waals surface area contributed by atoms with Crippen LogP contribution < -0.4 is 5.32 Å². The van der Waals surface area contributed by atoms with Gasteiger partial charge in [-0.25, -0.2) is 13.4 Å². The Balaban J connectivity index is 1.27. The van der Waals surface area contributed by atoms with Crippen LogP contribution in [-0.4, -0.2) is 48.9 Å². The Morgan fingerprint density at radius 2 is 1.63 bits per heavy atom. The van der Waals surface area contributed by atoms with Crippen molar-refractivity contribution in [2.24, 2.45) is 0 Å². The van der Waals surface area contributed by atoms with E-state index < -0.39 is 10.0 Å². The van der Waals surface area contributed by atoms with Crippen LogP contribution in [0.4, 0.5) is 5.69 Å². The molecule has 0 radical (unpaired) electrons. The van der Waals surface area contributed by atoms with E-state index in [1.54, 1.807) is 11.3 Å². The van der Waals surface area contributed by atoms with Gasteiger partial charge < -0.3 is 10.1 Å². The Hall–Kier alpha value is -3.11. The predicted octanol–water partition coefficient (Wildman–Crippen LogP) is 5.01. The molecule has 0 unspecified atom stereocenters. The molecule has 180 valence electrons. The second-order valence-electron chi connectivity index (χ2n) is 8.62. The van der Waals surface area contributed by atoms with Crippen molar-refractivity contribution in [1.82, 2.24) is 9.29 Å². The molecule has 0 saturated carbocycles. The number of amides is 1. The molecule has 9 heteroatoms. The lowest BCUT2D eigenvalue weighted by molar-refractivity contribution is -0.0440. The molecule has 1 saturated heterocycles. The smallest absolute Gasteiger partial charge is 0.255 e. The van der Waals surface area contributed by atoms with Gasteiger partial charge in [0.25, 0.3) is 5.91 Å². The lowest BCUT2D eigenvalue weighted by Crippen LogP contribution is -2.48. The summed E-state index contributed by atoms with van der Waals surface area (Å²) in [7, 11) is -3.65. The summed E-state index contributed by atoms with van der Waals surface area (Å²) < 4.78 is 34.2. The maximum Gasteiger partial charge on any atom is 0.255 e. The van der Waals surface area contributed by atoms with Crippen LogP contribution in [0, 0.1) is 0 Å². The van der Waals surface area contributed by atoms with E-state index in [1.165, 1.54) is 28.6 Å². The summed E-state index contributed by atoms with van der Waals surface area (Å²) in [5, 5.41) is 3.79. The molecule has 5 rings (SSSR count). The lowest BCUT2D eigenvalue weighted by Gasteiger charge is -2.34. The number of para-hydroxylation sites is 1. The first-order valence-electron chi connectivity index (χ1n) is 11.3. The summed E-state index contributed by atoms with van der Waals surface area (Å²) in [5.41, 5.74) is 2.97. The Bertz CT molecular complexity index is 1420. The maximum atomic E-state index is 13.0. The van der Waals surface area contributed by atoms with Crippen LogP contribution >= 0.6 is 11.3 Å². The maximum absolute atomic E-state index is 13.0. The Morgan fingerprint density at radius 1 is 0.971 bits per heavy atom. The number of hydrogen-bond donors (Lipinski definition) is 1. The van der Waals surface area contributed by atoms with Crippen LogP contribution in [0.3, 0.4) is 0 Å². The molecule has 1 aliphatic rings. The van der Waals surface area contributed by atoms with E-state index in [-0.39, 0.29) is 23.0 Å². The van der Waals surface area contributed by atoms with E-state index in [1.807, 2.05) is 62.4 Å². The highest BCUT2D eigenvalue weighted by Gasteiger charge is 2.32. The molecular weight excluding hydrogens is 482 g/mol. The molecule has 1 fully saturated rings. The van der Waals surface area contributed by atoms with Gasteiger partial charge in [-0.3, -0.25) is 4.79 Å². The number of aromatic nitrogens is 1. The first-order chi connectivity index (χ1) is 16.8. The predicted molar refractivity (Wildman–Crippen MR) is 138 cm³/mol. The van der Waals surface area contributed by atoms with Gasteiger partial charge >= 0.3 is 0 Å². The van der Waals surface area contributed by atoms with Crippen LogP contribution in [-0.2, 0) is 14.8 Å². The first kappa shape index (κ1) is 23.6. The number of anilines is 1. The summed E-state index contributed by atoms with van der Waals surface area (Å²) in [6.07, 6.45) is -0.334. The van der Waals surface area contributed by atoms with Crippen molar-refractivity contribution in [2.75, 3.05) is 18.4 Å². The number of sulfonamides is 1. The highest BCUT2D eigenvalue weighted by molar-refractivity contribution is 7.89. The minimum atomic E-state index is -3.65. The number of ether oxygens (including phenoxy) is 1. The molecule has 1 aliphatic heterocycles. The summed E-state index contributed by atoms with van der Waals surface area (Å²) in [6.45, 7) is 4.33. The highest BCUT2D eigenvalue weighted by atomic mass is 32.2. The van der Waals surface area contributed by atoms with Gasteiger partial charge in [-0.2, -0.15) is 4.31 Å². The average Bonchev–Trinajstić information content (AvgIpc) is 3.28.